The van der Waals surface area contributed by atoms with Crippen LogP contribution < -0.4 is 5.73 Å². The number of halogens is 2. The van der Waals surface area contributed by atoms with Gasteiger partial charge in [-0.3, -0.25) is 0 Å². The van der Waals surface area contributed by atoms with Crippen LogP contribution in [0.15, 0.2) is 0 Å². The minimum Gasteiger partial charge on any atom is -0.462 e. The van der Waals surface area contributed by atoms with Crippen LogP contribution in [-0.4, -0.2) is 17.6 Å². The summed E-state index contributed by atoms with van der Waals surface area (Å²) in [5.74, 6) is -0.525. The maximum absolute atomic E-state index is 12.0. The molecule has 0 aliphatic carbocycles. The average molecular weight is 305 g/mol. The zero-order valence-electron chi connectivity index (χ0n) is 11.5. The molecule has 106 valence electrons. The molecule has 0 aromatic carbocycles. The Morgan fingerprint density at radius 2 is 1.95 bits per heavy atom. The third-order valence-corrected chi connectivity index (χ3v) is 3.26. The van der Waals surface area contributed by atoms with Gasteiger partial charge in [-0.1, -0.05) is 44.0 Å². The summed E-state index contributed by atoms with van der Waals surface area (Å²) in [6.45, 7) is 7.87. The number of hydrogen-bond acceptors (Lipinski definition) is 4. The van der Waals surface area contributed by atoms with Crippen molar-refractivity contribution < 1.29 is 9.53 Å². The third kappa shape index (κ3) is 3.38. The number of rotatable bonds is 3. The fraction of sp³-hybridized carbons (Fsp3) is 0.538. The largest absolute Gasteiger partial charge is 0.462 e. The van der Waals surface area contributed by atoms with Crippen LogP contribution in [0.1, 0.15) is 49.3 Å². The predicted molar refractivity (Wildman–Crippen MR) is 76.8 cm³/mol. The fourth-order valence-corrected chi connectivity index (χ4v) is 2.44. The van der Waals surface area contributed by atoms with Gasteiger partial charge in [0.25, 0.3) is 0 Å². The second-order valence-electron chi connectivity index (χ2n) is 5.09. The molecule has 6 heteroatoms. The number of ether oxygens (including phenoxy) is 1. The van der Waals surface area contributed by atoms with Crippen molar-refractivity contribution in [2.45, 2.75) is 39.7 Å². The standard InChI is InChI=1S/C13H18Cl2N2O2/c1-5-19-12(18)8-7(6-16)11(15)17-10(9(8)14)13(2,3)4/h5-6,16H2,1-4H3. The first-order chi connectivity index (χ1) is 8.73. The van der Waals surface area contributed by atoms with Crippen molar-refractivity contribution in [1.82, 2.24) is 4.98 Å². The molecular weight excluding hydrogens is 287 g/mol. The molecule has 19 heavy (non-hydrogen) atoms. The number of nitrogens with zero attached hydrogens (tertiary/aromatic N) is 1. The summed E-state index contributed by atoms with van der Waals surface area (Å²) < 4.78 is 5.01. The minimum atomic E-state index is -0.525. The van der Waals surface area contributed by atoms with Crippen molar-refractivity contribution in [2.24, 2.45) is 5.73 Å². The summed E-state index contributed by atoms with van der Waals surface area (Å²) in [4.78, 5) is 16.3. The molecule has 0 bridgehead atoms. The van der Waals surface area contributed by atoms with E-state index in [4.69, 9.17) is 33.7 Å². The summed E-state index contributed by atoms with van der Waals surface area (Å²) in [5, 5.41) is 0.454. The monoisotopic (exact) mass is 304 g/mol. The Morgan fingerprint density at radius 3 is 2.37 bits per heavy atom. The van der Waals surface area contributed by atoms with E-state index in [1.165, 1.54) is 0 Å². The normalized spacial score (nSPS) is 11.5. The van der Waals surface area contributed by atoms with Crippen LogP contribution in [0.25, 0.3) is 0 Å². The van der Waals surface area contributed by atoms with Gasteiger partial charge in [-0.05, 0) is 6.92 Å². The second kappa shape index (κ2) is 6.07. The summed E-state index contributed by atoms with van der Waals surface area (Å²) in [7, 11) is 0. The highest BCUT2D eigenvalue weighted by atomic mass is 35.5. The number of pyridine rings is 1. The van der Waals surface area contributed by atoms with E-state index in [0.717, 1.165) is 0 Å². The molecule has 1 heterocycles. The van der Waals surface area contributed by atoms with Gasteiger partial charge in [0.05, 0.1) is 22.9 Å². The number of carbonyl (C=O) groups is 1. The maximum Gasteiger partial charge on any atom is 0.340 e. The number of esters is 1. The zero-order valence-corrected chi connectivity index (χ0v) is 13.0. The van der Waals surface area contributed by atoms with E-state index < -0.39 is 5.97 Å². The van der Waals surface area contributed by atoms with Gasteiger partial charge in [-0.15, -0.1) is 0 Å². The highest BCUT2D eigenvalue weighted by Crippen LogP contribution is 2.35. The van der Waals surface area contributed by atoms with E-state index in [0.29, 0.717) is 11.3 Å². The van der Waals surface area contributed by atoms with Crippen LogP contribution in [0.3, 0.4) is 0 Å². The molecule has 0 saturated heterocycles. The fourth-order valence-electron chi connectivity index (χ4n) is 1.67. The third-order valence-electron chi connectivity index (χ3n) is 2.58. The quantitative estimate of drug-likeness (QED) is 0.687. The molecule has 0 fully saturated rings. The van der Waals surface area contributed by atoms with Crippen molar-refractivity contribution in [3.63, 3.8) is 0 Å². The highest BCUT2D eigenvalue weighted by Gasteiger charge is 2.28. The molecule has 4 nitrogen and oxygen atoms in total. The van der Waals surface area contributed by atoms with E-state index in [1.807, 2.05) is 20.8 Å². The molecule has 0 aliphatic rings. The van der Waals surface area contributed by atoms with E-state index >= 15 is 0 Å². The van der Waals surface area contributed by atoms with Crippen LogP contribution in [-0.2, 0) is 16.7 Å². The first-order valence-electron chi connectivity index (χ1n) is 5.99. The van der Waals surface area contributed by atoms with Crippen LogP contribution in [0.2, 0.25) is 10.2 Å². The van der Waals surface area contributed by atoms with Crippen molar-refractivity contribution in [3.8, 4) is 0 Å². The number of hydrogen-bond donors (Lipinski definition) is 1. The molecule has 1 aromatic rings. The predicted octanol–water partition coefficient (Wildman–Crippen LogP) is 3.32. The Morgan fingerprint density at radius 1 is 1.37 bits per heavy atom. The summed E-state index contributed by atoms with van der Waals surface area (Å²) in [5.41, 5.74) is 6.47. The van der Waals surface area contributed by atoms with E-state index in [1.54, 1.807) is 6.92 Å². The topological polar surface area (TPSA) is 65.2 Å². The SMILES string of the molecule is CCOC(=O)c1c(Cl)c(C(C)(C)C)nc(Cl)c1CN. The van der Waals surface area contributed by atoms with Crippen molar-refractivity contribution >= 4 is 29.2 Å². The first-order valence-corrected chi connectivity index (χ1v) is 6.75. The molecular formula is C13H18Cl2N2O2. The second-order valence-corrected chi connectivity index (χ2v) is 5.83. The molecule has 0 spiro atoms. The van der Waals surface area contributed by atoms with Gasteiger partial charge < -0.3 is 10.5 Å². The molecule has 0 amide bonds. The molecule has 1 rings (SSSR count). The Kier molecular flexibility index (Phi) is 5.18. The zero-order chi connectivity index (χ0) is 14.8. The number of aromatic nitrogens is 1. The molecule has 0 aliphatic heterocycles. The molecule has 2 N–H and O–H groups in total. The molecule has 0 unspecified atom stereocenters. The Labute approximate surface area is 123 Å². The van der Waals surface area contributed by atoms with Crippen molar-refractivity contribution in [2.75, 3.05) is 6.61 Å². The lowest BCUT2D eigenvalue weighted by molar-refractivity contribution is 0.0525. The van der Waals surface area contributed by atoms with E-state index in [2.05, 4.69) is 4.98 Å². The Bertz CT molecular complexity index is 496. The van der Waals surface area contributed by atoms with Gasteiger partial charge in [0.15, 0.2) is 0 Å². The van der Waals surface area contributed by atoms with Gasteiger partial charge in [0, 0.05) is 17.5 Å². The average Bonchev–Trinajstić information content (AvgIpc) is 2.29. The minimum absolute atomic E-state index is 0.0735. The molecule has 0 atom stereocenters. The lowest BCUT2D eigenvalue weighted by atomic mass is 9.90. The van der Waals surface area contributed by atoms with Crippen LogP contribution in [0.4, 0.5) is 0 Å². The van der Waals surface area contributed by atoms with Crippen LogP contribution in [0, 0.1) is 0 Å². The van der Waals surface area contributed by atoms with E-state index in [9.17, 15) is 4.79 Å². The summed E-state index contributed by atoms with van der Waals surface area (Å²) >= 11 is 12.4. The van der Waals surface area contributed by atoms with Gasteiger partial charge in [-0.2, -0.15) is 0 Å². The first kappa shape index (κ1) is 16.2. The molecule has 1 aromatic heterocycles. The van der Waals surface area contributed by atoms with Gasteiger partial charge >= 0.3 is 5.97 Å². The lowest BCUT2D eigenvalue weighted by Gasteiger charge is -2.22. The maximum atomic E-state index is 12.0. The number of carbonyl (C=O) groups excluding carboxylic acids is 1. The van der Waals surface area contributed by atoms with Gasteiger partial charge in [-0.25, -0.2) is 9.78 Å². The van der Waals surface area contributed by atoms with Crippen LogP contribution >= 0.6 is 23.2 Å². The van der Waals surface area contributed by atoms with E-state index in [-0.39, 0.29) is 34.3 Å². The summed E-state index contributed by atoms with van der Waals surface area (Å²) in [6.07, 6.45) is 0. The highest BCUT2D eigenvalue weighted by molar-refractivity contribution is 6.36. The van der Waals surface area contributed by atoms with Gasteiger partial charge in [0.1, 0.15) is 5.15 Å². The Balaban J connectivity index is 3.57. The van der Waals surface area contributed by atoms with Gasteiger partial charge in [0.2, 0.25) is 0 Å². The van der Waals surface area contributed by atoms with Crippen molar-refractivity contribution in [1.29, 1.82) is 0 Å². The molecule has 0 radical (unpaired) electrons. The van der Waals surface area contributed by atoms with Crippen LogP contribution in [0.5, 0.6) is 0 Å². The lowest BCUT2D eigenvalue weighted by Crippen LogP contribution is -2.20. The number of nitrogens with two attached hydrogens (primary N) is 1. The Hall–Kier alpha value is -0.840. The van der Waals surface area contributed by atoms with Crippen molar-refractivity contribution in [3.05, 3.63) is 27.0 Å². The summed E-state index contributed by atoms with van der Waals surface area (Å²) in [6, 6.07) is 0. The smallest absolute Gasteiger partial charge is 0.340 e. The molecule has 0 saturated carbocycles.